The van der Waals surface area contributed by atoms with E-state index in [9.17, 15) is 19.2 Å². The van der Waals surface area contributed by atoms with Crippen LogP contribution in [0.15, 0.2) is 24.3 Å². The molecule has 1 aromatic rings. The average molecular weight is 489 g/mol. The number of nitrogens with two attached hydrogens (primary N) is 1. The van der Waals surface area contributed by atoms with E-state index in [0.717, 1.165) is 37.7 Å². The number of amides is 4. The monoisotopic (exact) mass is 488 g/mol. The molecule has 1 saturated carbocycles. The number of likely N-dealkylation sites (N-methyl/N-ethyl adjacent to an activating group) is 1. The SMILES string of the molecule is CCN(C(=O)C(CC(N)=O)NC(=O)OC(C)(C)C)C(C(=O)NC1CCCCC1)c1ccccc1C. The third kappa shape index (κ3) is 8.56. The first-order valence-electron chi connectivity index (χ1n) is 12.4. The highest BCUT2D eigenvalue weighted by Gasteiger charge is 2.37. The van der Waals surface area contributed by atoms with E-state index in [1.165, 1.54) is 4.90 Å². The molecule has 0 spiro atoms. The number of alkyl carbamates (subject to hydrolysis) is 1. The molecule has 0 bridgehead atoms. The van der Waals surface area contributed by atoms with Gasteiger partial charge < -0.3 is 26.0 Å². The molecule has 9 heteroatoms. The zero-order valence-electron chi connectivity index (χ0n) is 21.6. The van der Waals surface area contributed by atoms with Crippen LogP contribution in [-0.4, -0.2) is 52.9 Å². The molecule has 194 valence electrons. The van der Waals surface area contributed by atoms with Crippen LogP contribution in [0.3, 0.4) is 0 Å². The van der Waals surface area contributed by atoms with E-state index in [1.54, 1.807) is 27.7 Å². The fourth-order valence-corrected chi connectivity index (χ4v) is 4.39. The molecule has 2 rings (SSSR count). The molecule has 2 unspecified atom stereocenters. The van der Waals surface area contributed by atoms with Crippen LogP contribution >= 0.6 is 0 Å². The Labute approximate surface area is 208 Å². The molecule has 4 amide bonds. The molecule has 0 radical (unpaired) electrons. The summed E-state index contributed by atoms with van der Waals surface area (Å²) in [6, 6.07) is 5.25. The number of nitrogens with zero attached hydrogens (tertiary/aromatic N) is 1. The minimum atomic E-state index is -1.27. The van der Waals surface area contributed by atoms with E-state index in [2.05, 4.69) is 10.6 Å². The van der Waals surface area contributed by atoms with E-state index in [4.69, 9.17) is 10.5 Å². The second kappa shape index (κ2) is 12.6. The third-order valence-corrected chi connectivity index (χ3v) is 6.01. The maximum Gasteiger partial charge on any atom is 0.408 e. The number of benzene rings is 1. The van der Waals surface area contributed by atoms with Gasteiger partial charge in [-0.2, -0.15) is 0 Å². The lowest BCUT2D eigenvalue weighted by Crippen LogP contribution is -2.54. The predicted molar refractivity (Wildman–Crippen MR) is 133 cm³/mol. The minimum Gasteiger partial charge on any atom is -0.444 e. The first-order chi connectivity index (χ1) is 16.4. The van der Waals surface area contributed by atoms with Crippen LogP contribution in [0.25, 0.3) is 0 Å². The van der Waals surface area contributed by atoms with E-state index in [1.807, 2.05) is 31.2 Å². The fourth-order valence-electron chi connectivity index (χ4n) is 4.39. The quantitative estimate of drug-likeness (QED) is 0.492. The van der Waals surface area contributed by atoms with Crippen molar-refractivity contribution in [1.29, 1.82) is 0 Å². The van der Waals surface area contributed by atoms with Crippen molar-refractivity contribution in [1.82, 2.24) is 15.5 Å². The van der Waals surface area contributed by atoms with Gasteiger partial charge in [0.1, 0.15) is 17.7 Å². The molecule has 0 aromatic heterocycles. The van der Waals surface area contributed by atoms with Crippen molar-refractivity contribution in [2.45, 2.75) is 96.9 Å². The number of hydrogen-bond acceptors (Lipinski definition) is 5. The van der Waals surface area contributed by atoms with Crippen molar-refractivity contribution >= 4 is 23.8 Å². The molecule has 35 heavy (non-hydrogen) atoms. The van der Waals surface area contributed by atoms with Crippen molar-refractivity contribution in [3.8, 4) is 0 Å². The highest BCUT2D eigenvalue weighted by atomic mass is 16.6. The van der Waals surface area contributed by atoms with Gasteiger partial charge in [0.2, 0.25) is 17.7 Å². The van der Waals surface area contributed by atoms with E-state index in [-0.39, 0.29) is 18.5 Å². The molecule has 1 fully saturated rings. The second-order valence-corrected chi connectivity index (χ2v) is 10.1. The number of ether oxygens (including phenoxy) is 1. The number of hydrogen-bond donors (Lipinski definition) is 3. The van der Waals surface area contributed by atoms with Crippen LogP contribution in [0.1, 0.15) is 83.4 Å². The van der Waals surface area contributed by atoms with Gasteiger partial charge in [0.15, 0.2) is 0 Å². The number of nitrogens with one attached hydrogen (secondary N) is 2. The average Bonchev–Trinajstić information content (AvgIpc) is 2.76. The van der Waals surface area contributed by atoms with Gasteiger partial charge in [-0.1, -0.05) is 43.5 Å². The summed E-state index contributed by atoms with van der Waals surface area (Å²) in [5.41, 5.74) is 6.14. The highest BCUT2D eigenvalue weighted by Crippen LogP contribution is 2.27. The van der Waals surface area contributed by atoms with Crippen LogP contribution in [-0.2, 0) is 19.1 Å². The molecule has 0 heterocycles. The van der Waals surface area contributed by atoms with Crippen LogP contribution in [0.4, 0.5) is 4.79 Å². The summed E-state index contributed by atoms with van der Waals surface area (Å²) in [4.78, 5) is 52.9. The Kier molecular flexibility index (Phi) is 10.1. The Morgan fingerprint density at radius 1 is 1.11 bits per heavy atom. The highest BCUT2D eigenvalue weighted by molar-refractivity contribution is 5.94. The second-order valence-electron chi connectivity index (χ2n) is 10.1. The molecule has 4 N–H and O–H groups in total. The Balaban J connectivity index is 2.38. The number of rotatable bonds is 9. The van der Waals surface area contributed by atoms with Crippen LogP contribution in [0.2, 0.25) is 0 Å². The first-order valence-corrected chi connectivity index (χ1v) is 12.4. The summed E-state index contributed by atoms with van der Waals surface area (Å²) < 4.78 is 5.27. The topological polar surface area (TPSA) is 131 Å². The predicted octanol–water partition coefficient (Wildman–Crippen LogP) is 3.10. The van der Waals surface area contributed by atoms with Crippen LogP contribution < -0.4 is 16.4 Å². The largest absolute Gasteiger partial charge is 0.444 e. The lowest BCUT2D eigenvalue weighted by atomic mass is 9.93. The standard InChI is InChI=1S/C26H40N4O5/c1-6-30(24(33)20(16-21(27)31)29-25(34)35-26(3,4)5)22(19-15-11-10-12-17(19)2)23(32)28-18-13-8-7-9-14-18/h10-12,15,18,20,22H,6-9,13-14,16H2,1-5H3,(H2,27,31)(H,28,32)(H,29,34). The molecular formula is C26H40N4O5. The smallest absolute Gasteiger partial charge is 0.408 e. The molecule has 1 aliphatic carbocycles. The van der Waals surface area contributed by atoms with Gasteiger partial charge in [0, 0.05) is 12.6 Å². The summed E-state index contributed by atoms with van der Waals surface area (Å²) >= 11 is 0. The Morgan fingerprint density at radius 2 is 1.74 bits per heavy atom. The van der Waals surface area contributed by atoms with Gasteiger partial charge in [-0.3, -0.25) is 14.4 Å². The van der Waals surface area contributed by atoms with E-state index < -0.39 is 42.0 Å². The first kappa shape index (κ1) is 28.1. The molecular weight excluding hydrogens is 448 g/mol. The van der Waals surface area contributed by atoms with Crippen LogP contribution in [0.5, 0.6) is 0 Å². The van der Waals surface area contributed by atoms with Crippen molar-refractivity contribution in [2.75, 3.05) is 6.54 Å². The van der Waals surface area contributed by atoms with E-state index in [0.29, 0.717) is 5.56 Å². The van der Waals surface area contributed by atoms with Gasteiger partial charge in [-0.05, 0) is 58.6 Å². The summed E-state index contributed by atoms with van der Waals surface area (Å²) in [6.07, 6.45) is 3.80. The molecule has 0 saturated heterocycles. The summed E-state index contributed by atoms with van der Waals surface area (Å²) in [5.74, 6) is -1.62. The van der Waals surface area contributed by atoms with Crippen molar-refractivity contribution in [3.05, 3.63) is 35.4 Å². The van der Waals surface area contributed by atoms with Gasteiger partial charge in [0.25, 0.3) is 0 Å². The maximum absolute atomic E-state index is 13.7. The van der Waals surface area contributed by atoms with E-state index >= 15 is 0 Å². The normalized spacial score (nSPS) is 16.0. The van der Waals surface area contributed by atoms with Gasteiger partial charge in [-0.25, -0.2) is 4.79 Å². The van der Waals surface area contributed by atoms with Gasteiger partial charge in [0.05, 0.1) is 6.42 Å². The fraction of sp³-hybridized carbons (Fsp3) is 0.615. The molecule has 1 aliphatic rings. The summed E-state index contributed by atoms with van der Waals surface area (Å²) in [6.45, 7) is 8.90. The van der Waals surface area contributed by atoms with Gasteiger partial charge >= 0.3 is 6.09 Å². The number of carbonyl (C=O) groups is 4. The van der Waals surface area contributed by atoms with Gasteiger partial charge in [-0.15, -0.1) is 0 Å². The maximum atomic E-state index is 13.7. The third-order valence-electron chi connectivity index (χ3n) is 6.01. The Bertz CT molecular complexity index is 905. The number of aryl methyl sites for hydroxylation is 1. The zero-order chi connectivity index (χ0) is 26.2. The lowest BCUT2D eigenvalue weighted by molar-refractivity contribution is -0.143. The lowest BCUT2D eigenvalue weighted by Gasteiger charge is -2.35. The van der Waals surface area contributed by atoms with Crippen LogP contribution in [0, 0.1) is 6.92 Å². The molecule has 9 nitrogen and oxygen atoms in total. The summed E-state index contributed by atoms with van der Waals surface area (Å²) in [5, 5.41) is 5.61. The number of primary amides is 1. The molecule has 0 aliphatic heterocycles. The molecule has 2 atom stereocenters. The Morgan fingerprint density at radius 3 is 2.29 bits per heavy atom. The number of carbonyl (C=O) groups excluding carboxylic acids is 4. The van der Waals surface area contributed by atoms with Crippen molar-refractivity contribution < 1.29 is 23.9 Å². The van der Waals surface area contributed by atoms with Crippen molar-refractivity contribution in [3.63, 3.8) is 0 Å². The zero-order valence-corrected chi connectivity index (χ0v) is 21.6. The minimum absolute atomic E-state index is 0.0536. The molecule has 1 aromatic carbocycles. The van der Waals surface area contributed by atoms with Crippen molar-refractivity contribution in [2.24, 2.45) is 5.73 Å². The Hall–Kier alpha value is -3.10. The summed E-state index contributed by atoms with van der Waals surface area (Å²) in [7, 11) is 0.